The number of carbonyl (C=O) groups is 4. The summed E-state index contributed by atoms with van der Waals surface area (Å²) in [6, 6.07) is 11.4. The van der Waals surface area contributed by atoms with Gasteiger partial charge in [0.05, 0.1) is 5.41 Å². The molecule has 2 aliphatic carbocycles. The number of fused-ring (bicyclic) bond motifs is 4. The summed E-state index contributed by atoms with van der Waals surface area (Å²) in [5, 5.41) is 24.2. The Labute approximate surface area is 257 Å². The monoisotopic (exact) mass is 628 g/mol. The molecule has 2 N–H and O–H groups in total. The second kappa shape index (κ2) is 10.9. The lowest BCUT2D eigenvalue weighted by atomic mass is 9.43. The number of hydrogen-bond donors (Lipinski definition) is 2. The fraction of sp³-hybridized carbons (Fsp3) is 0.515. The number of aliphatic hydroxyl groups is 2. The molecule has 0 unspecified atom stereocenters. The van der Waals surface area contributed by atoms with Gasteiger partial charge in [0.25, 0.3) is 5.60 Å². The minimum absolute atomic E-state index is 0.00659. The Morgan fingerprint density at radius 1 is 1.00 bits per heavy atom. The zero-order valence-corrected chi connectivity index (χ0v) is 24.8. The van der Waals surface area contributed by atoms with E-state index in [1.54, 1.807) is 19.1 Å². The first-order chi connectivity index (χ1) is 21.3. The molecule has 8 atom stereocenters. The summed E-state index contributed by atoms with van der Waals surface area (Å²) in [7, 11) is 0. The molecule has 0 radical (unpaired) electrons. The first kappa shape index (κ1) is 31.1. The molecule has 10 nitrogen and oxygen atoms in total. The number of carbonyl (C=O) groups excluding carboxylic acids is 4. The molecular weight excluding hydrogens is 594 g/mol. The van der Waals surface area contributed by atoms with Crippen molar-refractivity contribution in [2.24, 2.45) is 16.7 Å². The quantitative estimate of drug-likeness (QED) is 0.331. The van der Waals surface area contributed by atoms with E-state index in [1.807, 2.05) is 0 Å². The molecule has 12 heteroatoms. The number of hydrogen-bond acceptors (Lipinski definition) is 10. The molecule has 2 saturated heterocycles. The number of rotatable bonds is 8. The van der Waals surface area contributed by atoms with Gasteiger partial charge in [0.15, 0.2) is 12.2 Å². The summed E-state index contributed by atoms with van der Waals surface area (Å²) in [6.07, 6.45) is -5.13. The van der Waals surface area contributed by atoms with Gasteiger partial charge in [0, 0.05) is 24.7 Å². The summed E-state index contributed by atoms with van der Waals surface area (Å²) in [5.74, 6) is -5.36. The molecule has 2 aliphatic heterocycles. The Bertz CT molecular complexity index is 1560. The van der Waals surface area contributed by atoms with Gasteiger partial charge in [0.1, 0.15) is 29.9 Å². The van der Waals surface area contributed by atoms with Crippen LogP contribution in [-0.2, 0) is 51.0 Å². The van der Waals surface area contributed by atoms with Crippen LogP contribution < -0.4 is 0 Å². The molecule has 2 aromatic rings. The van der Waals surface area contributed by atoms with E-state index in [0.29, 0.717) is 11.1 Å². The van der Waals surface area contributed by atoms with Crippen molar-refractivity contribution in [2.45, 2.75) is 81.9 Å². The summed E-state index contributed by atoms with van der Waals surface area (Å²) in [5.41, 5.74) is -7.09. The van der Waals surface area contributed by atoms with Crippen molar-refractivity contribution in [3.05, 3.63) is 71.3 Å². The third-order valence-corrected chi connectivity index (χ3v) is 10.6. The van der Waals surface area contributed by atoms with Crippen LogP contribution in [0.15, 0.2) is 48.5 Å². The van der Waals surface area contributed by atoms with Crippen molar-refractivity contribution in [3.8, 4) is 0 Å². The number of halogens is 2. The standard InChI is InChI=1S/C33H34F2O10/c1-18-13-23(43-25(36)11-9-19-5-3-7-21(34)14-19)33(41)30(2)17-42-29(40)32(30,24-16-31(18,33)27(38)28(39)44-24)45-26(37)12-10-20-6-4-8-22(35)15-20/h3-8,14-15,18,23-24,27,38,41H,9-13,16-17H2,1-2H3/t18-,23-,24-,27+,30-,31+,32-,33+/m1/s1. The van der Waals surface area contributed by atoms with Crippen LogP contribution in [0.25, 0.3) is 0 Å². The molecule has 45 heavy (non-hydrogen) atoms. The first-order valence-corrected chi connectivity index (χ1v) is 15.0. The predicted molar refractivity (Wildman–Crippen MR) is 149 cm³/mol. The van der Waals surface area contributed by atoms with Crippen LogP contribution in [0.5, 0.6) is 0 Å². The van der Waals surface area contributed by atoms with E-state index in [1.165, 1.54) is 43.3 Å². The third-order valence-electron chi connectivity index (χ3n) is 10.6. The van der Waals surface area contributed by atoms with Crippen molar-refractivity contribution < 1.29 is 57.1 Å². The summed E-state index contributed by atoms with van der Waals surface area (Å²) < 4.78 is 50.1. The highest BCUT2D eigenvalue weighted by Crippen LogP contribution is 2.73. The lowest BCUT2D eigenvalue weighted by molar-refractivity contribution is -0.336. The van der Waals surface area contributed by atoms with Gasteiger partial charge in [-0.25, -0.2) is 18.4 Å². The zero-order valence-electron chi connectivity index (χ0n) is 24.8. The van der Waals surface area contributed by atoms with Gasteiger partial charge < -0.3 is 29.2 Å². The van der Waals surface area contributed by atoms with E-state index in [0.717, 1.165) is 0 Å². The van der Waals surface area contributed by atoms with Gasteiger partial charge in [0.2, 0.25) is 0 Å². The van der Waals surface area contributed by atoms with E-state index < -0.39 is 88.4 Å². The fourth-order valence-corrected chi connectivity index (χ4v) is 8.39. The molecule has 240 valence electrons. The van der Waals surface area contributed by atoms with E-state index in [2.05, 4.69) is 0 Å². The van der Waals surface area contributed by atoms with Crippen molar-refractivity contribution >= 4 is 23.9 Å². The van der Waals surface area contributed by atoms with Crippen LogP contribution in [0.1, 0.15) is 50.7 Å². The van der Waals surface area contributed by atoms with Gasteiger partial charge in [-0.3, -0.25) is 9.59 Å². The van der Waals surface area contributed by atoms with Crippen LogP contribution in [-0.4, -0.2) is 70.2 Å². The number of benzene rings is 2. The average molecular weight is 629 g/mol. The van der Waals surface area contributed by atoms with Gasteiger partial charge in [-0.05, 0) is 67.5 Å². The third kappa shape index (κ3) is 4.39. The lowest BCUT2D eigenvalue weighted by Gasteiger charge is -2.65. The second-order valence-electron chi connectivity index (χ2n) is 12.8. The normalized spacial score (nSPS) is 36.4. The molecule has 0 aromatic heterocycles. The summed E-state index contributed by atoms with van der Waals surface area (Å²) >= 11 is 0. The highest BCUT2D eigenvalue weighted by atomic mass is 19.1. The maximum atomic E-state index is 13.7. The molecule has 1 spiro atoms. The van der Waals surface area contributed by atoms with Crippen LogP contribution in [0.3, 0.4) is 0 Å². The average Bonchev–Trinajstić information content (AvgIpc) is 3.38. The fourth-order valence-electron chi connectivity index (χ4n) is 8.39. The SMILES string of the molecule is C[C@@H]1C[C@@H](OC(=O)CCc2cccc(F)c2)[C@@]2(O)[C@@]13C[C@@H](OC(=O)[C@@H]3O)[C@@]1(OC(=O)CCc3cccc(F)c3)C(=O)OC[C@@]21C. The Kier molecular flexibility index (Phi) is 7.51. The Hall–Kier alpha value is -3.90. The molecule has 2 bridgehead atoms. The van der Waals surface area contributed by atoms with Crippen molar-refractivity contribution in [1.82, 2.24) is 0 Å². The minimum Gasteiger partial charge on any atom is -0.462 e. The second-order valence-corrected chi connectivity index (χ2v) is 12.8. The topological polar surface area (TPSA) is 146 Å². The van der Waals surface area contributed by atoms with Gasteiger partial charge in [-0.2, -0.15) is 0 Å². The van der Waals surface area contributed by atoms with Gasteiger partial charge in [-0.1, -0.05) is 31.2 Å². The van der Waals surface area contributed by atoms with Crippen molar-refractivity contribution in [2.75, 3.05) is 6.61 Å². The number of cyclic esters (lactones) is 1. The van der Waals surface area contributed by atoms with Crippen LogP contribution >= 0.6 is 0 Å². The highest BCUT2D eigenvalue weighted by molar-refractivity contribution is 5.90. The Morgan fingerprint density at radius 3 is 2.20 bits per heavy atom. The predicted octanol–water partition coefficient (Wildman–Crippen LogP) is 2.73. The molecule has 2 saturated carbocycles. The van der Waals surface area contributed by atoms with Gasteiger partial charge in [-0.15, -0.1) is 0 Å². The Morgan fingerprint density at radius 2 is 1.60 bits per heavy atom. The number of aryl methyl sites for hydroxylation is 2. The minimum atomic E-state index is -2.34. The molecule has 4 aliphatic rings. The highest BCUT2D eigenvalue weighted by Gasteiger charge is 2.90. The first-order valence-electron chi connectivity index (χ1n) is 15.0. The van der Waals surface area contributed by atoms with E-state index in [9.17, 15) is 38.2 Å². The summed E-state index contributed by atoms with van der Waals surface area (Å²) in [6.45, 7) is 2.64. The molecule has 6 rings (SSSR count). The zero-order chi connectivity index (χ0) is 32.4. The largest absolute Gasteiger partial charge is 0.462 e. The number of esters is 4. The maximum Gasteiger partial charge on any atom is 0.355 e. The van der Waals surface area contributed by atoms with Gasteiger partial charge >= 0.3 is 23.9 Å². The molecular formula is C33H34F2O10. The van der Waals surface area contributed by atoms with Crippen LogP contribution in [0.2, 0.25) is 0 Å². The maximum absolute atomic E-state index is 13.7. The number of aliphatic hydroxyl groups excluding tert-OH is 1. The van der Waals surface area contributed by atoms with E-state index in [4.69, 9.17) is 18.9 Å². The Balaban J connectivity index is 1.34. The molecule has 2 aromatic carbocycles. The van der Waals surface area contributed by atoms with Crippen LogP contribution in [0, 0.1) is 28.4 Å². The number of ether oxygens (including phenoxy) is 4. The van der Waals surface area contributed by atoms with E-state index >= 15 is 0 Å². The van der Waals surface area contributed by atoms with Crippen LogP contribution in [0.4, 0.5) is 8.78 Å². The molecule has 2 heterocycles. The molecule has 0 amide bonds. The van der Waals surface area contributed by atoms with Crippen molar-refractivity contribution in [1.29, 1.82) is 0 Å². The van der Waals surface area contributed by atoms with E-state index in [-0.39, 0.29) is 38.5 Å². The summed E-state index contributed by atoms with van der Waals surface area (Å²) in [4.78, 5) is 53.3. The molecule has 4 fully saturated rings. The smallest absolute Gasteiger partial charge is 0.355 e. The lowest BCUT2D eigenvalue weighted by Crippen LogP contribution is -2.83. The van der Waals surface area contributed by atoms with Crippen molar-refractivity contribution in [3.63, 3.8) is 0 Å².